The fraction of sp³-hybridized carbons (Fsp3) is 0.133. The smallest absolute Gasteiger partial charge is 0.270 e. The summed E-state index contributed by atoms with van der Waals surface area (Å²) in [5.74, 6) is 0.774. The van der Waals surface area contributed by atoms with Gasteiger partial charge in [-0.1, -0.05) is 36.5 Å². The molecule has 2 aromatic carbocycles. The van der Waals surface area contributed by atoms with E-state index in [1.165, 1.54) is 12.1 Å². The van der Waals surface area contributed by atoms with Gasteiger partial charge in [-0.2, -0.15) is 0 Å². The summed E-state index contributed by atoms with van der Waals surface area (Å²) >= 11 is 5.26. The zero-order chi connectivity index (χ0) is 15.2. The number of nitro benzene ring substituents is 1. The van der Waals surface area contributed by atoms with Crippen LogP contribution in [-0.2, 0) is 6.54 Å². The van der Waals surface area contributed by atoms with E-state index in [1.54, 1.807) is 19.2 Å². The first kappa shape index (κ1) is 14.9. The van der Waals surface area contributed by atoms with Crippen LogP contribution in [0.5, 0.6) is 5.75 Å². The molecule has 0 bridgehead atoms. The Morgan fingerprint density at radius 3 is 2.76 bits per heavy atom. The topological polar surface area (TPSA) is 64.4 Å². The average Bonchev–Trinajstić information content (AvgIpc) is 2.53. The van der Waals surface area contributed by atoms with Crippen LogP contribution in [0.25, 0.3) is 0 Å². The first-order valence-corrected chi connectivity index (χ1v) is 6.66. The Kier molecular flexibility index (Phi) is 4.84. The van der Waals surface area contributed by atoms with E-state index in [4.69, 9.17) is 17.0 Å². The van der Waals surface area contributed by atoms with Crippen LogP contribution < -0.4 is 10.1 Å². The average molecular weight is 302 g/mol. The highest BCUT2D eigenvalue weighted by Crippen LogP contribution is 2.15. The number of thiocarbonyl (C=S) groups is 1. The predicted molar refractivity (Wildman–Crippen MR) is 84.6 cm³/mol. The van der Waals surface area contributed by atoms with E-state index in [2.05, 4.69) is 5.32 Å². The molecule has 5 nitrogen and oxygen atoms in total. The van der Waals surface area contributed by atoms with Gasteiger partial charge < -0.3 is 10.1 Å². The normalized spacial score (nSPS) is 9.95. The number of nitro groups is 1. The lowest BCUT2D eigenvalue weighted by molar-refractivity contribution is -0.384. The van der Waals surface area contributed by atoms with Crippen LogP contribution >= 0.6 is 12.2 Å². The van der Waals surface area contributed by atoms with Gasteiger partial charge >= 0.3 is 0 Å². The second-order valence-corrected chi connectivity index (χ2v) is 4.75. The van der Waals surface area contributed by atoms with E-state index >= 15 is 0 Å². The van der Waals surface area contributed by atoms with Crippen LogP contribution in [0.1, 0.15) is 11.1 Å². The number of ether oxygens (including phenoxy) is 1. The minimum absolute atomic E-state index is 0.0260. The SMILES string of the molecule is COc1cccc(CNC(=S)c2cccc([N+](=O)[O-])c2)c1. The monoisotopic (exact) mass is 302 g/mol. The molecule has 0 unspecified atom stereocenters. The highest BCUT2D eigenvalue weighted by atomic mass is 32.1. The Balaban J connectivity index is 2.04. The first-order chi connectivity index (χ1) is 10.1. The second kappa shape index (κ2) is 6.81. The molecule has 0 aliphatic carbocycles. The number of non-ortho nitro benzene ring substituents is 1. The molecule has 1 N–H and O–H groups in total. The number of hydrogen-bond acceptors (Lipinski definition) is 4. The van der Waals surface area contributed by atoms with Crippen molar-refractivity contribution in [1.82, 2.24) is 5.32 Å². The summed E-state index contributed by atoms with van der Waals surface area (Å²) in [6.45, 7) is 0.527. The molecule has 0 spiro atoms. The Labute approximate surface area is 127 Å². The van der Waals surface area contributed by atoms with Gasteiger partial charge in [-0.05, 0) is 17.7 Å². The fourth-order valence-electron chi connectivity index (χ4n) is 1.83. The van der Waals surface area contributed by atoms with Crippen LogP contribution in [0.2, 0.25) is 0 Å². The van der Waals surface area contributed by atoms with Gasteiger partial charge in [0.2, 0.25) is 0 Å². The standard InChI is InChI=1S/C15H14N2O3S/c1-20-14-7-2-4-11(8-14)10-16-15(21)12-5-3-6-13(9-12)17(18)19/h2-9H,10H2,1H3,(H,16,21). The van der Waals surface area contributed by atoms with Crippen LogP contribution in [0.4, 0.5) is 5.69 Å². The molecule has 0 aliphatic heterocycles. The van der Waals surface area contributed by atoms with E-state index in [1.807, 2.05) is 24.3 Å². The van der Waals surface area contributed by atoms with Crippen molar-refractivity contribution < 1.29 is 9.66 Å². The predicted octanol–water partition coefficient (Wildman–Crippen LogP) is 3.07. The van der Waals surface area contributed by atoms with Crippen molar-refractivity contribution in [2.75, 3.05) is 7.11 Å². The highest BCUT2D eigenvalue weighted by Gasteiger charge is 2.08. The van der Waals surface area contributed by atoms with Crippen LogP contribution in [0.15, 0.2) is 48.5 Å². The van der Waals surface area contributed by atoms with Gasteiger partial charge in [-0.25, -0.2) is 0 Å². The summed E-state index contributed by atoms with van der Waals surface area (Å²) in [5.41, 5.74) is 1.67. The Hall–Kier alpha value is -2.47. The Morgan fingerprint density at radius 2 is 2.05 bits per heavy atom. The van der Waals surface area contributed by atoms with Crippen molar-refractivity contribution >= 4 is 22.9 Å². The summed E-state index contributed by atoms with van der Waals surface area (Å²) in [6.07, 6.45) is 0. The molecule has 0 saturated carbocycles. The molecule has 0 amide bonds. The van der Waals surface area contributed by atoms with Crippen molar-refractivity contribution in [2.24, 2.45) is 0 Å². The maximum Gasteiger partial charge on any atom is 0.270 e. The van der Waals surface area contributed by atoms with Crippen LogP contribution in [-0.4, -0.2) is 17.0 Å². The quantitative estimate of drug-likeness (QED) is 0.522. The molecular weight excluding hydrogens is 288 g/mol. The summed E-state index contributed by atoms with van der Waals surface area (Å²) in [5, 5.41) is 13.8. The molecule has 0 aromatic heterocycles. The largest absolute Gasteiger partial charge is 0.497 e. The molecule has 2 aromatic rings. The van der Waals surface area contributed by atoms with Gasteiger partial charge in [0.15, 0.2) is 0 Å². The second-order valence-electron chi connectivity index (χ2n) is 4.34. The number of hydrogen-bond donors (Lipinski definition) is 1. The number of methoxy groups -OCH3 is 1. The molecule has 6 heteroatoms. The fourth-order valence-corrected chi connectivity index (χ4v) is 2.03. The van der Waals surface area contributed by atoms with Crippen LogP contribution in [0.3, 0.4) is 0 Å². The highest BCUT2D eigenvalue weighted by molar-refractivity contribution is 7.80. The molecule has 0 aliphatic rings. The minimum atomic E-state index is -0.436. The summed E-state index contributed by atoms with van der Waals surface area (Å²) in [6, 6.07) is 13.9. The lowest BCUT2D eigenvalue weighted by Crippen LogP contribution is -2.21. The van der Waals surface area contributed by atoms with Gasteiger partial charge in [-0.3, -0.25) is 10.1 Å². The number of rotatable bonds is 5. The zero-order valence-corrected chi connectivity index (χ0v) is 12.2. The Morgan fingerprint density at radius 1 is 1.29 bits per heavy atom. The molecule has 21 heavy (non-hydrogen) atoms. The third-order valence-electron chi connectivity index (χ3n) is 2.91. The zero-order valence-electron chi connectivity index (χ0n) is 11.4. The molecule has 0 atom stereocenters. The summed E-state index contributed by atoms with van der Waals surface area (Å²) < 4.78 is 5.15. The van der Waals surface area contributed by atoms with Crippen molar-refractivity contribution in [3.05, 3.63) is 69.8 Å². The minimum Gasteiger partial charge on any atom is -0.497 e. The third kappa shape index (κ3) is 4.00. The first-order valence-electron chi connectivity index (χ1n) is 6.26. The molecular formula is C15H14N2O3S. The van der Waals surface area contributed by atoms with Gasteiger partial charge in [0.25, 0.3) is 5.69 Å². The number of nitrogens with one attached hydrogen (secondary N) is 1. The lowest BCUT2D eigenvalue weighted by atomic mass is 10.2. The van der Waals surface area contributed by atoms with E-state index < -0.39 is 4.92 Å². The molecule has 0 radical (unpaired) electrons. The van der Waals surface area contributed by atoms with Gasteiger partial charge in [-0.15, -0.1) is 0 Å². The van der Waals surface area contributed by atoms with Gasteiger partial charge in [0.05, 0.1) is 12.0 Å². The van der Waals surface area contributed by atoms with Crippen molar-refractivity contribution in [3.8, 4) is 5.75 Å². The molecule has 0 fully saturated rings. The summed E-state index contributed by atoms with van der Waals surface area (Å²) in [4.78, 5) is 10.8. The number of benzene rings is 2. The van der Waals surface area contributed by atoms with E-state index in [0.29, 0.717) is 17.1 Å². The lowest BCUT2D eigenvalue weighted by Gasteiger charge is -2.09. The van der Waals surface area contributed by atoms with Gasteiger partial charge in [0.1, 0.15) is 10.7 Å². The molecule has 2 rings (SSSR count). The summed E-state index contributed by atoms with van der Waals surface area (Å²) in [7, 11) is 1.61. The maximum absolute atomic E-state index is 10.8. The Bertz CT molecular complexity index is 673. The molecule has 0 heterocycles. The molecule has 0 saturated heterocycles. The van der Waals surface area contributed by atoms with Crippen molar-refractivity contribution in [1.29, 1.82) is 0 Å². The number of nitrogens with zero attached hydrogens (tertiary/aromatic N) is 1. The maximum atomic E-state index is 10.8. The molecule has 108 valence electrons. The van der Waals surface area contributed by atoms with E-state index in [0.717, 1.165) is 11.3 Å². The van der Waals surface area contributed by atoms with Crippen LogP contribution in [0, 0.1) is 10.1 Å². The van der Waals surface area contributed by atoms with Crippen molar-refractivity contribution in [2.45, 2.75) is 6.54 Å². The third-order valence-corrected chi connectivity index (χ3v) is 3.29. The van der Waals surface area contributed by atoms with Crippen molar-refractivity contribution in [3.63, 3.8) is 0 Å². The van der Waals surface area contributed by atoms with E-state index in [9.17, 15) is 10.1 Å². The van der Waals surface area contributed by atoms with E-state index in [-0.39, 0.29) is 5.69 Å². The van der Waals surface area contributed by atoms with Gasteiger partial charge in [0, 0.05) is 24.2 Å².